The van der Waals surface area contributed by atoms with E-state index in [1.807, 2.05) is 0 Å². The molecule has 0 saturated heterocycles. The molecule has 0 amide bonds. The van der Waals surface area contributed by atoms with Crippen LogP contribution in [0.5, 0.6) is 0 Å². The van der Waals surface area contributed by atoms with E-state index in [1.54, 1.807) is 0 Å². The van der Waals surface area contributed by atoms with Gasteiger partial charge in [-0.2, -0.15) is 0 Å². The fraction of sp³-hybridized carbons (Fsp3) is 0.935. The summed E-state index contributed by atoms with van der Waals surface area (Å²) in [6.07, 6.45) is 30.8. The number of esters is 1. The topological polar surface area (TPSA) is 43.4 Å². The molecule has 3 nitrogen and oxygen atoms in total. The van der Waals surface area contributed by atoms with Crippen molar-refractivity contribution >= 4 is 11.8 Å². The number of methoxy groups -OCH3 is 1. The second-order valence-electron chi connectivity index (χ2n) is 10.5. The Kier molecular flexibility index (Phi) is 32.4. The summed E-state index contributed by atoms with van der Waals surface area (Å²) in [4.78, 5) is 24.7. The number of ether oxygens (including phenoxy) is 1. The summed E-state index contributed by atoms with van der Waals surface area (Å²) in [7, 11) is 1.41. The van der Waals surface area contributed by atoms with Crippen molar-refractivity contribution in [1.29, 1.82) is 0 Å². The molecule has 0 rings (SSSR count). The fourth-order valence-electron chi connectivity index (χ4n) is 4.88. The largest absolute Gasteiger partial charge is 1.00 e. The maximum absolute atomic E-state index is 12.6. The number of carbonyl (C=O) groups excluding carboxylic acids is 2. The van der Waals surface area contributed by atoms with Gasteiger partial charge >= 0.3 is 35.5 Å². The monoisotopic (exact) mass is 504 g/mol. The van der Waals surface area contributed by atoms with Crippen LogP contribution in [0.2, 0.25) is 0 Å². The standard InChI is InChI=1S/C31H60O3.Na.H/c1-4-6-8-10-12-14-15-16-17-18-19-20-22-24-26-28-30(32)29(31(33)34-3)27-25-23-21-13-11-9-7-5-2;;/h29H,4-28H2,1-3H3;;/q;+1;-1. The van der Waals surface area contributed by atoms with Gasteiger partial charge in [-0.15, -0.1) is 0 Å². The Hall–Kier alpha value is 0.140. The summed E-state index contributed by atoms with van der Waals surface area (Å²) >= 11 is 0. The maximum Gasteiger partial charge on any atom is 1.00 e. The molecule has 35 heavy (non-hydrogen) atoms. The molecule has 0 aliphatic carbocycles. The first kappa shape index (κ1) is 37.3. The van der Waals surface area contributed by atoms with Gasteiger partial charge in [-0.25, -0.2) is 0 Å². The molecule has 0 bridgehead atoms. The number of ketones is 1. The van der Waals surface area contributed by atoms with Gasteiger partial charge in [0, 0.05) is 6.42 Å². The minimum Gasteiger partial charge on any atom is -1.00 e. The van der Waals surface area contributed by atoms with E-state index in [-0.39, 0.29) is 42.7 Å². The molecular formula is C31H61NaO3. The van der Waals surface area contributed by atoms with Gasteiger partial charge in [0.05, 0.1) is 7.11 Å². The van der Waals surface area contributed by atoms with Crippen LogP contribution in [0.15, 0.2) is 0 Å². The average molecular weight is 505 g/mol. The summed E-state index contributed by atoms with van der Waals surface area (Å²) in [6.45, 7) is 4.52. The average Bonchev–Trinajstić information content (AvgIpc) is 2.85. The fourth-order valence-corrected chi connectivity index (χ4v) is 4.88. The number of unbranched alkanes of at least 4 members (excludes halogenated alkanes) is 21. The Bertz CT molecular complexity index is 459. The second-order valence-corrected chi connectivity index (χ2v) is 10.5. The van der Waals surface area contributed by atoms with Gasteiger partial charge in [-0.3, -0.25) is 9.59 Å². The molecular weight excluding hydrogens is 443 g/mol. The van der Waals surface area contributed by atoms with E-state index < -0.39 is 5.92 Å². The van der Waals surface area contributed by atoms with Crippen molar-refractivity contribution in [2.75, 3.05) is 7.11 Å². The second kappa shape index (κ2) is 30.4. The van der Waals surface area contributed by atoms with Gasteiger partial charge in [-0.05, 0) is 12.8 Å². The molecule has 0 saturated carbocycles. The van der Waals surface area contributed by atoms with Crippen molar-refractivity contribution < 1.29 is 45.3 Å². The zero-order valence-electron chi connectivity index (χ0n) is 25.5. The molecule has 0 aromatic carbocycles. The number of hydrogen-bond acceptors (Lipinski definition) is 3. The number of Topliss-reactive ketones (excluding diaryl/α,β-unsaturated/α-hetero) is 1. The van der Waals surface area contributed by atoms with Crippen LogP contribution in [-0.4, -0.2) is 18.9 Å². The maximum atomic E-state index is 12.6. The van der Waals surface area contributed by atoms with Gasteiger partial charge in [-0.1, -0.05) is 155 Å². The summed E-state index contributed by atoms with van der Waals surface area (Å²) in [5.74, 6) is -0.755. The first-order chi connectivity index (χ1) is 16.7. The van der Waals surface area contributed by atoms with E-state index in [4.69, 9.17) is 4.74 Å². The van der Waals surface area contributed by atoms with E-state index in [0.717, 1.165) is 25.7 Å². The Morgan fingerprint density at radius 2 is 0.857 bits per heavy atom. The first-order valence-corrected chi connectivity index (χ1v) is 15.3. The van der Waals surface area contributed by atoms with E-state index in [1.165, 1.54) is 129 Å². The zero-order chi connectivity index (χ0) is 25.1. The van der Waals surface area contributed by atoms with E-state index in [9.17, 15) is 9.59 Å². The number of hydrogen-bond donors (Lipinski definition) is 0. The molecule has 1 unspecified atom stereocenters. The van der Waals surface area contributed by atoms with Crippen molar-refractivity contribution in [2.24, 2.45) is 5.92 Å². The van der Waals surface area contributed by atoms with Crippen molar-refractivity contribution in [3.8, 4) is 0 Å². The van der Waals surface area contributed by atoms with Crippen molar-refractivity contribution in [2.45, 2.75) is 174 Å². The summed E-state index contributed by atoms with van der Waals surface area (Å²) < 4.78 is 4.92. The van der Waals surface area contributed by atoms with Crippen LogP contribution in [0.1, 0.15) is 176 Å². The Morgan fingerprint density at radius 3 is 1.20 bits per heavy atom. The van der Waals surface area contributed by atoms with Crippen molar-refractivity contribution in [3.63, 3.8) is 0 Å². The molecule has 0 heterocycles. The van der Waals surface area contributed by atoms with E-state index in [0.29, 0.717) is 12.8 Å². The third kappa shape index (κ3) is 25.6. The molecule has 0 N–H and O–H groups in total. The van der Waals surface area contributed by atoms with Crippen molar-refractivity contribution in [1.82, 2.24) is 0 Å². The predicted octanol–water partition coefficient (Wildman–Crippen LogP) is 7.25. The molecule has 0 aromatic heterocycles. The molecule has 204 valence electrons. The number of rotatable bonds is 27. The van der Waals surface area contributed by atoms with Crippen LogP contribution in [0, 0.1) is 5.92 Å². The molecule has 4 heteroatoms. The van der Waals surface area contributed by atoms with Crippen LogP contribution in [-0.2, 0) is 14.3 Å². The Labute approximate surface area is 243 Å². The molecule has 0 fully saturated rings. The Balaban J connectivity index is -0.00000544. The molecule has 0 spiro atoms. The van der Waals surface area contributed by atoms with Crippen LogP contribution < -0.4 is 29.6 Å². The third-order valence-corrected chi connectivity index (χ3v) is 7.25. The normalized spacial score (nSPS) is 11.7. The van der Waals surface area contributed by atoms with Crippen LogP contribution in [0.3, 0.4) is 0 Å². The summed E-state index contributed by atoms with van der Waals surface area (Å²) in [5.41, 5.74) is 0. The summed E-state index contributed by atoms with van der Waals surface area (Å²) in [6, 6.07) is 0. The van der Waals surface area contributed by atoms with Gasteiger partial charge < -0.3 is 6.16 Å². The Morgan fingerprint density at radius 1 is 0.543 bits per heavy atom. The smallest absolute Gasteiger partial charge is 1.00 e. The van der Waals surface area contributed by atoms with E-state index >= 15 is 0 Å². The quantitative estimate of drug-likeness (QED) is 0.0512. The first-order valence-electron chi connectivity index (χ1n) is 15.3. The zero-order valence-corrected chi connectivity index (χ0v) is 26.5. The minimum atomic E-state index is -0.531. The third-order valence-electron chi connectivity index (χ3n) is 7.25. The number of carbonyl (C=O) groups is 2. The van der Waals surface area contributed by atoms with Gasteiger partial charge in [0.25, 0.3) is 0 Å². The molecule has 1 atom stereocenters. The van der Waals surface area contributed by atoms with Gasteiger partial charge in [0.15, 0.2) is 0 Å². The van der Waals surface area contributed by atoms with E-state index in [2.05, 4.69) is 13.8 Å². The van der Waals surface area contributed by atoms with Gasteiger partial charge in [0.2, 0.25) is 0 Å². The van der Waals surface area contributed by atoms with Crippen LogP contribution in [0.4, 0.5) is 0 Å². The molecule has 0 aromatic rings. The molecule has 0 aliphatic rings. The summed E-state index contributed by atoms with van der Waals surface area (Å²) in [5, 5.41) is 0. The van der Waals surface area contributed by atoms with Crippen LogP contribution >= 0.6 is 0 Å². The predicted molar refractivity (Wildman–Crippen MR) is 148 cm³/mol. The SMILES string of the molecule is CCCCCCCCCCCCCCCCCC(=O)C(CCCCCCCCCC)C(=O)OC.[H-].[Na+]. The minimum absolute atomic E-state index is 0. The van der Waals surface area contributed by atoms with Gasteiger partial charge in [0.1, 0.15) is 11.7 Å². The van der Waals surface area contributed by atoms with Crippen LogP contribution in [0.25, 0.3) is 0 Å². The molecule has 0 radical (unpaired) electrons. The molecule has 0 aliphatic heterocycles. The van der Waals surface area contributed by atoms with Crippen molar-refractivity contribution in [3.05, 3.63) is 0 Å².